The average Bonchev–Trinajstić information content (AvgIpc) is 3.03. The van der Waals surface area contributed by atoms with E-state index < -0.39 is 17.1 Å². The normalized spacial score (nSPS) is 11.7. The van der Waals surface area contributed by atoms with E-state index in [1.54, 1.807) is 91.9 Å². The summed E-state index contributed by atoms with van der Waals surface area (Å²) in [6.07, 6.45) is 1.46. The molecule has 0 saturated heterocycles. The second-order valence-electron chi connectivity index (χ2n) is 9.35. The lowest BCUT2D eigenvalue weighted by Gasteiger charge is -2.15. The van der Waals surface area contributed by atoms with Crippen LogP contribution in [-0.4, -0.2) is 37.2 Å². The monoisotopic (exact) mass is 649 g/mol. The number of thioether (sulfide) groups is 1. The summed E-state index contributed by atoms with van der Waals surface area (Å²) in [6, 6.07) is 25.7. The molecular weight excluding hydrogens is 621 g/mol. The SMILES string of the molecule is COc1cc(NC(=O)C(C)Sc2cccc(NC(=O)/C(=C\c3cccc(Cl)c3Cl)NC(=O)c3ccccc3)c2)cc(OC)c1. The summed E-state index contributed by atoms with van der Waals surface area (Å²) >= 11 is 13.8. The van der Waals surface area contributed by atoms with Crippen LogP contribution in [0, 0.1) is 0 Å². The fourth-order valence-electron chi connectivity index (χ4n) is 3.96. The number of hydrogen-bond acceptors (Lipinski definition) is 6. The van der Waals surface area contributed by atoms with Gasteiger partial charge in [-0.3, -0.25) is 14.4 Å². The molecule has 4 rings (SSSR count). The predicted molar refractivity (Wildman–Crippen MR) is 177 cm³/mol. The van der Waals surface area contributed by atoms with Gasteiger partial charge in [-0.25, -0.2) is 0 Å². The van der Waals surface area contributed by atoms with Gasteiger partial charge in [-0.05, 0) is 55.0 Å². The zero-order chi connectivity index (χ0) is 31.6. The van der Waals surface area contributed by atoms with E-state index in [9.17, 15) is 14.4 Å². The van der Waals surface area contributed by atoms with Crippen molar-refractivity contribution in [2.75, 3.05) is 24.9 Å². The second kappa shape index (κ2) is 15.3. The molecule has 0 radical (unpaired) electrons. The zero-order valence-corrected chi connectivity index (χ0v) is 26.3. The Hall–Kier alpha value is -4.44. The first kappa shape index (κ1) is 32.5. The highest BCUT2D eigenvalue weighted by Gasteiger charge is 2.18. The number of amides is 3. The van der Waals surface area contributed by atoms with Crippen molar-refractivity contribution in [3.8, 4) is 11.5 Å². The molecule has 0 saturated carbocycles. The van der Waals surface area contributed by atoms with Gasteiger partial charge < -0.3 is 25.4 Å². The molecule has 44 heavy (non-hydrogen) atoms. The molecule has 226 valence electrons. The number of carbonyl (C=O) groups is 3. The predicted octanol–water partition coefficient (Wildman–Crippen LogP) is 7.54. The fraction of sp³-hybridized carbons (Fsp3) is 0.121. The van der Waals surface area contributed by atoms with Crippen LogP contribution in [0.4, 0.5) is 11.4 Å². The molecule has 0 fully saturated rings. The molecule has 3 N–H and O–H groups in total. The van der Waals surface area contributed by atoms with E-state index in [2.05, 4.69) is 16.0 Å². The summed E-state index contributed by atoms with van der Waals surface area (Å²) < 4.78 is 10.5. The Morgan fingerprint density at radius 1 is 0.795 bits per heavy atom. The Morgan fingerprint density at radius 2 is 1.48 bits per heavy atom. The third-order valence-electron chi connectivity index (χ3n) is 6.20. The number of halogens is 2. The second-order valence-corrected chi connectivity index (χ2v) is 11.6. The van der Waals surface area contributed by atoms with Gasteiger partial charge >= 0.3 is 0 Å². The van der Waals surface area contributed by atoms with Crippen LogP contribution < -0.4 is 25.4 Å². The third kappa shape index (κ3) is 8.79. The number of hydrogen-bond donors (Lipinski definition) is 3. The van der Waals surface area contributed by atoms with Crippen LogP contribution in [0.25, 0.3) is 6.08 Å². The number of ether oxygens (including phenoxy) is 2. The number of benzene rings is 4. The number of methoxy groups -OCH3 is 2. The van der Waals surface area contributed by atoms with Gasteiger partial charge in [0.25, 0.3) is 11.8 Å². The average molecular weight is 651 g/mol. The summed E-state index contributed by atoms with van der Waals surface area (Å²) in [5.41, 5.74) is 1.79. The van der Waals surface area contributed by atoms with Crippen molar-refractivity contribution in [2.24, 2.45) is 0 Å². The van der Waals surface area contributed by atoms with Crippen molar-refractivity contribution >= 4 is 70.1 Å². The minimum absolute atomic E-state index is 0.0393. The quantitative estimate of drug-likeness (QED) is 0.114. The third-order valence-corrected chi connectivity index (χ3v) is 8.13. The van der Waals surface area contributed by atoms with Crippen molar-refractivity contribution < 1.29 is 23.9 Å². The van der Waals surface area contributed by atoms with Crippen LogP contribution in [0.1, 0.15) is 22.8 Å². The Morgan fingerprint density at radius 3 is 2.16 bits per heavy atom. The summed E-state index contributed by atoms with van der Waals surface area (Å²) in [7, 11) is 3.07. The van der Waals surface area contributed by atoms with Gasteiger partial charge in [0, 0.05) is 40.0 Å². The highest BCUT2D eigenvalue weighted by atomic mass is 35.5. The van der Waals surface area contributed by atoms with Crippen LogP contribution in [0.2, 0.25) is 10.0 Å². The van der Waals surface area contributed by atoms with Crippen LogP contribution in [0.5, 0.6) is 11.5 Å². The molecule has 0 aromatic heterocycles. The van der Waals surface area contributed by atoms with Gasteiger partial charge in [-0.1, -0.05) is 59.6 Å². The number of carbonyl (C=O) groups excluding carboxylic acids is 3. The lowest BCUT2D eigenvalue weighted by molar-refractivity contribution is -0.115. The van der Waals surface area contributed by atoms with Gasteiger partial charge in [0.1, 0.15) is 17.2 Å². The number of rotatable bonds is 11. The zero-order valence-electron chi connectivity index (χ0n) is 24.0. The molecule has 0 bridgehead atoms. The van der Waals surface area contributed by atoms with Crippen LogP contribution in [0.15, 0.2) is 102 Å². The number of nitrogens with one attached hydrogen (secondary N) is 3. The molecule has 11 heteroatoms. The van der Waals surface area contributed by atoms with Crippen LogP contribution in [0.3, 0.4) is 0 Å². The minimum atomic E-state index is -0.578. The van der Waals surface area contributed by atoms with Crippen LogP contribution >= 0.6 is 35.0 Å². The van der Waals surface area contributed by atoms with Crippen LogP contribution in [-0.2, 0) is 9.59 Å². The first-order chi connectivity index (χ1) is 21.2. The first-order valence-electron chi connectivity index (χ1n) is 13.3. The first-order valence-corrected chi connectivity index (χ1v) is 14.9. The highest BCUT2D eigenvalue weighted by molar-refractivity contribution is 8.00. The summed E-state index contributed by atoms with van der Waals surface area (Å²) in [6.45, 7) is 1.78. The maximum atomic E-state index is 13.5. The van der Waals surface area contributed by atoms with E-state index in [1.165, 1.54) is 32.1 Å². The molecule has 0 spiro atoms. The van der Waals surface area contributed by atoms with Gasteiger partial charge in [0.2, 0.25) is 5.91 Å². The maximum absolute atomic E-state index is 13.5. The van der Waals surface area contributed by atoms with Gasteiger partial charge in [-0.15, -0.1) is 11.8 Å². The maximum Gasteiger partial charge on any atom is 0.272 e. The highest BCUT2D eigenvalue weighted by Crippen LogP contribution is 2.30. The summed E-state index contributed by atoms with van der Waals surface area (Å²) in [4.78, 5) is 40.1. The molecule has 1 atom stereocenters. The van der Waals surface area contributed by atoms with Crippen molar-refractivity contribution in [1.82, 2.24) is 5.32 Å². The Balaban J connectivity index is 1.50. The Kier molecular flexibility index (Phi) is 11.3. The summed E-state index contributed by atoms with van der Waals surface area (Å²) in [5.74, 6) is -0.177. The van der Waals surface area contributed by atoms with Gasteiger partial charge in [0.15, 0.2) is 0 Å². The largest absolute Gasteiger partial charge is 0.497 e. The topological polar surface area (TPSA) is 106 Å². The van der Waals surface area contributed by atoms with Gasteiger partial charge in [0.05, 0.1) is 29.5 Å². The lowest BCUT2D eigenvalue weighted by Crippen LogP contribution is -2.30. The number of anilines is 2. The molecule has 0 aliphatic heterocycles. The molecule has 0 heterocycles. The molecule has 0 aliphatic carbocycles. The molecule has 8 nitrogen and oxygen atoms in total. The van der Waals surface area contributed by atoms with E-state index >= 15 is 0 Å². The Labute approximate surface area is 269 Å². The molecule has 4 aromatic carbocycles. The molecular formula is C33H29Cl2N3O5S. The van der Waals surface area contributed by atoms with E-state index in [1.807, 2.05) is 6.07 Å². The molecule has 0 aliphatic rings. The van der Waals surface area contributed by atoms with E-state index in [4.69, 9.17) is 32.7 Å². The van der Waals surface area contributed by atoms with Crippen molar-refractivity contribution in [2.45, 2.75) is 17.1 Å². The molecule has 4 aromatic rings. The smallest absolute Gasteiger partial charge is 0.272 e. The minimum Gasteiger partial charge on any atom is -0.497 e. The van der Waals surface area contributed by atoms with Crippen molar-refractivity contribution in [1.29, 1.82) is 0 Å². The fourth-order valence-corrected chi connectivity index (χ4v) is 5.25. The Bertz CT molecular complexity index is 1680. The summed E-state index contributed by atoms with van der Waals surface area (Å²) in [5, 5.41) is 8.45. The van der Waals surface area contributed by atoms with Gasteiger partial charge in [-0.2, -0.15) is 0 Å². The molecule has 1 unspecified atom stereocenters. The molecule has 3 amide bonds. The van der Waals surface area contributed by atoms with Crippen molar-refractivity contribution in [3.63, 3.8) is 0 Å². The van der Waals surface area contributed by atoms with E-state index in [-0.39, 0.29) is 16.6 Å². The van der Waals surface area contributed by atoms with E-state index in [0.717, 1.165) is 4.90 Å². The standard InChI is InChI=1S/C33H29Cl2N3O5S/c1-20(31(39)37-24-16-25(42-2)19-26(17-24)43-3)44-27-13-8-12-23(18-27)36-33(41)29(15-22-11-7-14-28(34)30(22)35)38-32(40)21-9-5-4-6-10-21/h4-20H,1-3H3,(H,36,41)(H,37,39)(H,38,40)/b29-15+. The van der Waals surface area contributed by atoms with E-state index in [0.29, 0.717) is 39.0 Å². The lowest BCUT2D eigenvalue weighted by atomic mass is 10.1. The van der Waals surface area contributed by atoms with Crippen molar-refractivity contribution in [3.05, 3.63) is 118 Å².